The molecule has 102 valence electrons. The van der Waals surface area contributed by atoms with Gasteiger partial charge in [0.05, 0.1) is 6.10 Å². The Morgan fingerprint density at radius 1 is 1.28 bits per heavy atom. The van der Waals surface area contributed by atoms with Crippen LogP contribution < -0.4 is 5.32 Å². The number of hydrogen-bond donors (Lipinski definition) is 1. The zero-order chi connectivity index (χ0) is 13.6. The first-order valence-corrected chi connectivity index (χ1v) is 7.24. The standard InChI is InChI=1S/C15H24BrNO/c1-15(2,3)9-10-18-14(11-17-4)12-7-5-6-8-13(12)16/h5-8,14,17H,9-11H2,1-4H3. The van der Waals surface area contributed by atoms with E-state index in [9.17, 15) is 0 Å². The molecule has 0 amide bonds. The van der Waals surface area contributed by atoms with Crippen LogP contribution in [-0.4, -0.2) is 20.2 Å². The fraction of sp³-hybridized carbons (Fsp3) is 0.600. The van der Waals surface area contributed by atoms with Crippen LogP contribution in [0.4, 0.5) is 0 Å². The molecule has 2 nitrogen and oxygen atoms in total. The van der Waals surface area contributed by atoms with E-state index in [-0.39, 0.29) is 6.10 Å². The third-order valence-corrected chi connectivity index (χ3v) is 3.53. The Labute approximate surface area is 119 Å². The molecular weight excluding hydrogens is 290 g/mol. The predicted molar refractivity (Wildman–Crippen MR) is 80.8 cm³/mol. The Hall–Kier alpha value is -0.380. The van der Waals surface area contributed by atoms with Crippen molar-refractivity contribution in [3.8, 4) is 0 Å². The predicted octanol–water partition coefficient (Wildman–Crippen LogP) is 4.16. The van der Waals surface area contributed by atoms with Gasteiger partial charge in [-0.05, 0) is 30.5 Å². The lowest BCUT2D eigenvalue weighted by atomic mass is 9.93. The first kappa shape index (κ1) is 15.7. The van der Waals surface area contributed by atoms with Crippen LogP contribution in [0.15, 0.2) is 28.7 Å². The first-order valence-electron chi connectivity index (χ1n) is 6.44. The van der Waals surface area contributed by atoms with E-state index in [0.29, 0.717) is 5.41 Å². The van der Waals surface area contributed by atoms with Crippen molar-refractivity contribution in [3.63, 3.8) is 0 Å². The minimum Gasteiger partial charge on any atom is -0.372 e. The fourth-order valence-electron chi connectivity index (χ4n) is 1.69. The van der Waals surface area contributed by atoms with Gasteiger partial charge in [0.15, 0.2) is 0 Å². The molecule has 0 aliphatic carbocycles. The lowest BCUT2D eigenvalue weighted by Crippen LogP contribution is -2.21. The van der Waals surface area contributed by atoms with Crippen LogP contribution in [0, 0.1) is 5.41 Å². The van der Waals surface area contributed by atoms with Crippen molar-refractivity contribution in [2.75, 3.05) is 20.2 Å². The van der Waals surface area contributed by atoms with Gasteiger partial charge in [-0.25, -0.2) is 0 Å². The Morgan fingerprint density at radius 3 is 2.50 bits per heavy atom. The summed E-state index contributed by atoms with van der Waals surface area (Å²) in [6.07, 6.45) is 1.17. The van der Waals surface area contributed by atoms with Crippen LogP contribution in [0.25, 0.3) is 0 Å². The summed E-state index contributed by atoms with van der Waals surface area (Å²) in [6, 6.07) is 8.25. The molecule has 1 unspecified atom stereocenters. The molecule has 1 aromatic carbocycles. The number of nitrogens with one attached hydrogen (secondary N) is 1. The summed E-state index contributed by atoms with van der Waals surface area (Å²) in [5, 5.41) is 3.20. The average molecular weight is 314 g/mol. The number of benzene rings is 1. The normalized spacial score (nSPS) is 13.6. The molecule has 0 aliphatic rings. The van der Waals surface area contributed by atoms with E-state index in [4.69, 9.17) is 4.74 Å². The molecule has 0 bridgehead atoms. The second-order valence-electron chi connectivity index (χ2n) is 5.75. The lowest BCUT2D eigenvalue weighted by Gasteiger charge is -2.23. The van der Waals surface area contributed by atoms with Gasteiger partial charge >= 0.3 is 0 Å². The highest BCUT2D eigenvalue weighted by Crippen LogP contribution is 2.27. The molecule has 0 aliphatic heterocycles. The van der Waals surface area contributed by atoms with Crippen LogP contribution in [0.2, 0.25) is 0 Å². The highest BCUT2D eigenvalue weighted by Gasteiger charge is 2.16. The van der Waals surface area contributed by atoms with Gasteiger partial charge < -0.3 is 10.1 Å². The van der Waals surface area contributed by atoms with Gasteiger partial charge in [0.1, 0.15) is 0 Å². The van der Waals surface area contributed by atoms with Crippen LogP contribution in [-0.2, 0) is 4.74 Å². The summed E-state index contributed by atoms with van der Waals surface area (Å²) in [6.45, 7) is 8.33. The van der Waals surface area contributed by atoms with Crippen molar-refractivity contribution in [2.24, 2.45) is 5.41 Å². The molecule has 0 aromatic heterocycles. The number of hydrogen-bond acceptors (Lipinski definition) is 2. The minimum atomic E-state index is 0.105. The summed E-state index contributed by atoms with van der Waals surface area (Å²) in [7, 11) is 1.96. The molecule has 0 fully saturated rings. The molecule has 0 saturated heterocycles. The van der Waals surface area contributed by atoms with Gasteiger partial charge in [0.2, 0.25) is 0 Å². The van der Waals surface area contributed by atoms with Gasteiger partial charge in [0.25, 0.3) is 0 Å². The quantitative estimate of drug-likeness (QED) is 0.851. The zero-order valence-electron chi connectivity index (χ0n) is 11.8. The first-order chi connectivity index (χ1) is 8.44. The van der Waals surface area contributed by atoms with E-state index in [1.807, 2.05) is 13.1 Å². The van der Waals surface area contributed by atoms with Crippen molar-refractivity contribution in [1.82, 2.24) is 5.32 Å². The summed E-state index contributed by atoms with van der Waals surface area (Å²) < 4.78 is 7.14. The van der Waals surface area contributed by atoms with Gasteiger partial charge in [-0.2, -0.15) is 0 Å². The maximum Gasteiger partial charge on any atom is 0.0959 e. The smallest absolute Gasteiger partial charge is 0.0959 e. The van der Waals surface area contributed by atoms with Crippen molar-refractivity contribution in [2.45, 2.75) is 33.3 Å². The molecule has 0 heterocycles. The maximum atomic E-state index is 6.03. The molecule has 0 saturated carbocycles. The van der Waals surface area contributed by atoms with E-state index in [1.54, 1.807) is 0 Å². The molecular formula is C15H24BrNO. The number of rotatable bonds is 6. The zero-order valence-corrected chi connectivity index (χ0v) is 13.4. The van der Waals surface area contributed by atoms with Crippen LogP contribution in [0.3, 0.4) is 0 Å². The minimum absolute atomic E-state index is 0.105. The highest BCUT2D eigenvalue weighted by atomic mass is 79.9. The number of halogens is 1. The Bertz CT molecular complexity index is 360. The van der Waals surface area contributed by atoms with Gasteiger partial charge in [-0.1, -0.05) is 54.9 Å². The monoisotopic (exact) mass is 313 g/mol. The third-order valence-electron chi connectivity index (χ3n) is 2.81. The van der Waals surface area contributed by atoms with E-state index in [2.05, 4.69) is 60.2 Å². The average Bonchev–Trinajstić information content (AvgIpc) is 2.27. The van der Waals surface area contributed by atoms with Gasteiger partial charge in [-0.3, -0.25) is 0 Å². The molecule has 0 spiro atoms. The summed E-state index contributed by atoms with van der Waals surface area (Å²) in [4.78, 5) is 0. The molecule has 3 heteroatoms. The number of likely N-dealkylation sites (N-methyl/N-ethyl adjacent to an activating group) is 1. The van der Waals surface area contributed by atoms with Gasteiger partial charge in [-0.15, -0.1) is 0 Å². The molecule has 1 aromatic rings. The van der Waals surface area contributed by atoms with Crippen LogP contribution >= 0.6 is 15.9 Å². The second-order valence-corrected chi connectivity index (χ2v) is 6.60. The maximum absolute atomic E-state index is 6.03. The van der Waals surface area contributed by atoms with E-state index >= 15 is 0 Å². The second kappa shape index (κ2) is 7.27. The van der Waals surface area contributed by atoms with Crippen molar-refractivity contribution in [3.05, 3.63) is 34.3 Å². The molecule has 0 radical (unpaired) electrons. The molecule has 1 N–H and O–H groups in total. The summed E-state index contributed by atoms with van der Waals surface area (Å²) >= 11 is 3.59. The third kappa shape index (κ3) is 5.51. The molecule has 1 atom stereocenters. The fourth-order valence-corrected chi connectivity index (χ4v) is 2.23. The van der Waals surface area contributed by atoms with E-state index in [0.717, 1.165) is 24.0 Å². The highest BCUT2D eigenvalue weighted by molar-refractivity contribution is 9.10. The Kier molecular flexibility index (Phi) is 6.33. The SMILES string of the molecule is CNCC(OCCC(C)(C)C)c1ccccc1Br. The van der Waals surface area contributed by atoms with Crippen molar-refractivity contribution >= 4 is 15.9 Å². The van der Waals surface area contributed by atoms with E-state index < -0.39 is 0 Å². The van der Waals surface area contributed by atoms with Crippen molar-refractivity contribution < 1.29 is 4.74 Å². The Balaban J connectivity index is 2.63. The topological polar surface area (TPSA) is 21.3 Å². The van der Waals surface area contributed by atoms with Crippen LogP contribution in [0.5, 0.6) is 0 Å². The molecule has 1 rings (SSSR count). The number of ether oxygens (including phenoxy) is 1. The summed E-state index contributed by atoms with van der Waals surface area (Å²) in [5.74, 6) is 0. The summed E-state index contributed by atoms with van der Waals surface area (Å²) in [5.41, 5.74) is 1.53. The van der Waals surface area contributed by atoms with E-state index in [1.165, 1.54) is 5.56 Å². The molecule has 18 heavy (non-hydrogen) atoms. The van der Waals surface area contributed by atoms with Crippen LogP contribution in [0.1, 0.15) is 38.9 Å². The van der Waals surface area contributed by atoms with Gasteiger partial charge in [0, 0.05) is 17.6 Å². The Morgan fingerprint density at radius 2 is 1.94 bits per heavy atom. The van der Waals surface area contributed by atoms with Crippen molar-refractivity contribution in [1.29, 1.82) is 0 Å². The largest absolute Gasteiger partial charge is 0.372 e. The lowest BCUT2D eigenvalue weighted by molar-refractivity contribution is 0.0377.